The van der Waals surface area contributed by atoms with Crippen molar-refractivity contribution in [1.82, 2.24) is 4.90 Å². The van der Waals surface area contributed by atoms with E-state index in [4.69, 9.17) is 0 Å². The summed E-state index contributed by atoms with van der Waals surface area (Å²) in [5.41, 5.74) is 1.30. The topological polar surface area (TPSA) is 24.8 Å². The number of carbonyl (C=O) groups excluding carboxylic acids is 1. The van der Waals surface area contributed by atoms with Gasteiger partial charge in [0.25, 0.3) is 0 Å². The van der Waals surface area contributed by atoms with Crippen LogP contribution < -0.4 is 4.90 Å². The fraction of sp³-hybridized carbons (Fsp3) is 0.562. The van der Waals surface area contributed by atoms with Crippen molar-refractivity contribution in [2.24, 2.45) is 0 Å². The number of hydrogen-bond donors (Lipinski definition) is 1. The average molecular weight is 261 g/mol. The second-order valence-electron chi connectivity index (χ2n) is 5.36. The molecule has 3 nitrogen and oxygen atoms in total. The summed E-state index contributed by atoms with van der Waals surface area (Å²) >= 11 is 0. The number of benzene rings is 1. The Morgan fingerprint density at radius 3 is 2.53 bits per heavy atom. The largest absolute Gasteiger partial charge is 0.336 e. The van der Waals surface area contributed by atoms with Gasteiger partial charge >= 0.3 is 0 Å². The molecule has 1 aliphatic rings. The van der Waals surface area contributed by atoms with Gasteiger partial charge in [0.05, 0.1) is 26.2 Å². The third-order valence-corrected chi connectivity index (χ3v) is 4.22. The molecule has 1 aromatic carbocycles. The molecule has 0 unspecified atom stereocenters. The van der Waals surface area contributed by atoms with Crippen LogP contribution >= 0.6 is 0 Å². The van der Waals surface area contributed by atoms with E-state index >= 15 is 0 Å². The van der Waals surface area contributed by atoms with E-state index in [1.807, 2.05) is 11.0 Å². The van der Waals surface area contributed by atoms with E-state index in [2.05, 4.69) is 38.1 Å². The van der Waals surface area contributed by atoms with Crippen molar-refractivity contribution in [3.8, 4) is 0 Å². The monoisotopic (exact) mass is 261 g/mol. The Morgan fingerprint density at radius 2 is 1.89 bits per heavy atom. The molecule has 3 heteroatoms. The van der Waals surface area contributed by atoms with Crippen LogP contribution in [-0.4, -0.2) is 43.5 Å². The minimum absolute atomic E-state index is 0.320. The fourth-order valence-corrected chi connectivity index (χ4v) is 2.83. The first-order chi connectivity index (χ1) is 9.24. The van der Waals surface area contributed by atoms with Gasteiger partial charge in [0.15, 0.2) is 0 Å². The highest BCUT2D eigenvalue weighted by atomic mass is 16.2. The molecule has 0 radical (unpaired) electrons. The fourth-order valence-electron chi connectivity index (χ4n) is 2.83. The highest BCUT2D eigenvalue weighted by molar-refractivity contribution is 5.79. The van der Waals surface area contributed by atoms with Crippen molar-refractivity contribution >= 4 is 5.91 Å². The molecule has 1 saturated heterocycles. The molecule has 1 fully saturated rings. The number of nitrogens with zero attached hydrogens (tertiary/aromatic N) is 1. The number of nitrogens with one attached hydrogen (secondary N) is 1. The average Bonchev–Trinajstić information content (AvgIpc) is 2.82. The first kappa shape index (κ1) is 14.1. The van der Waals surface area contributed by atoms with Gasteiger partial charge in [-0.15, -0.1) is 0 Å². The molecule has 0 spiro atoms. The third kappa shape index (κ3) is 3.57. The molecule has 1 amide bonds. The van der Waals surface area contributed by atoms with Crippen LogP contribution in [0.2, 0.25) is 0 Å². The summed E-state index contributed by atoms with van der Waals surface area (Å²) in [6.07, 6.45) is 0.678. The third-order valence-electron chi connectivity index (χ3n) is 4.22. The Bertz CT molecular complexity index is 400. The van der Waals surface area contributed by atoms with Crippen molar-refractivity contribution in [1.29, 1.82) is 0 Å². The minimum atomic E-state index is 0.320. The maximum Gasteiger partial charge on any atom is 0.223 e. The maximum atomic E-state index is 12.1. The first-order valence-electron chi connectivity index (χ1n) is 7.40. The summed E-state index contributed by atoms with van der Waals surface area (Å²) in [6.45, 7) is 9.55. The molecule has 1 heterocycles. The van der Waals surface area contributed by atoms with Crippen molar-refractivity contribution in [3.05, 3.63) is 35.9 Å². The predicted octanol–water partition coefficient (Wildman–Crippen LogP) is 0.927. The van der Waals surface area contributed by atoms with Crippen LogP contribution in [0.25, 0.3) is 0 Å². The van der Waals surface area contributed by atoms with Gasteiger partial charge in [-0.2, -0.15) is 0 Å². The number of quaternary nitrogens is 1. The van der Waals surface area contributed by atoms with E-state index in [1.54, 1.807) is 4.90 Å². The van der Waals surface area contributed by atoms with Crippen LogP contribution in [0.1, 0.15) is 31.7 Å². The smallest absolute Gasteiger partial charge is 0.223 e. The molecule has 0 aliphatic carbocycles. The van der Waals surface area contributed by atoms with Gasteiger partial charge in [0.1, 0.15) is 0 Å². The van der Waals surface area contributed by atoms with Gasteiger partial charge in [-0.1, -0.05) is 30.3 Å². The zero-order valence-electron chi connectivity index (χ0n) is 12.1. The summed E-state index contributed by atoms with van der Waals surface area (Å²) in [5.74, 6) is 0.709. The van der Waals surface area contributed by atoms with Crippen LogP contribution in [-0.2, 0) is 4.79 Å². The molecule has 19 heavy (non-hydrogen) atoms. The molecule has 1 aromatic rings. The summed E-state index contributed by atoms with van der Waals surface area (Å²) in [6, 6.07) is 10.4. The molecule has 0 bridgehead atoms. The lowest BCUT2D eigenvalue weighted by Crippen LogP contribution is -3.12. The maximum absolute atomic E-state index is 12.1. The van der Waals surface area contributed by atoms with Gasteiger partial charge < -0.3 is 9.80 Å². The number of amides is 1. The molecule has 1 atom stereocenters. The van der Waals surface area contributed by atoms with Crippen molar-refractivity contribution in [2.45, 2.75) is 26.2 Å². The lowest BCUT2D eigenvalue weighted by atomic mass is 9.99. The Balaban J connectivity index is 1.89. The number of rotatable bonds is 6. The van der Waals surface area contributed by atoms with Crippen LogP contribution in [0.4, 0.5) is 0 Å². The van der Waals surface area contributed by atoms with Crippen molar-refractivity contribution in [3.63, 3.8) is 0 Å². The summed E-state index contributed by atoms with van der Waals surface area (Å²) in [5, 5.41) is 0. The Labute approximate surface area is 116 Å². The van der Waals surface area contributed by atoms with Gasteiger partial charge in [0, 0.05) is 18.9 Å². The van der Waals surface area contributed by atoms with Gasteiger partial charge in [0.2, 0.25) is 5.91 Å². The molecular weight excluding hydrogens is 236 g/mol. The van der Waals surface area contributed by atoms with E-state index < -0.39 is 0 Å². The minimum Gasteiger partial charge on any atom is -0.336 e. The number of likely N-dealkylation sites (N-methyl/N-ethyl adjacent to an activating group) is 1. The SMILES string of the molecule is CC[NH+](CC)CCN1C[C@@H](c2ccccc2)CC1=O. The highest BCUT2D eigenvalue weighted by Gasteiger charge is 2.30. The molecule has 2 rings (SSSR count). The summed E-state index contributed by atoms with van der Waals surface area (Å²) in [4.78, 5) is 15.7. The quantitative estimate of drug-likeness (QED) is 0.809. The van der Waals surface area contributed by atoms with Gasteiger partial charge in [-0.25, -0.2) is 0 Å². The summed E-state index contributed by atoms with van der Waals surface area (Å²) < 4.78 is 0. The van der Waals surface area contributed by atoms with Crippen LogP contribution in [0.3, 0.4) is 0 Å². The second-order valence-corrected chi connectivity index (χ2v) is 5.36. The Morgan fingerprint density at radius 1 is 1.21 bits per heavy atom. The van der Waals surface area contributed by atoms with Crippen LogP contribution in [0, 0.1) is 0 Å². The van der Waals surface area contributed by atoms with E-state index in [1.165, 1.54) is 5.56 Å². The zero-order valence-corrected chi connectivity index (χ0v) is 12.1. The predicted molar refractivity (Wildman–Crippen MR) is 77.3 cm³/mol. The normalized spacial score (nSPS) is 19.4. The lowest BCUT2D eigenvalue weighted by molar-refractivity contribution is -0.895. The Kier molecular flexibility index (Phi) is 4.97. The highest BCUT2D eigenvalue weighted by Crippen LogP contribution is 2.27. The van der Waals surface area contributed by atoms with E-state index in [-0.39, 0.29) is 0 Å². The van der Waals surface area contributed by atoms with E-state index in [0.29, 0.717) is 18.2 Å². The van der Waals surface area contributed by atoms with Gasteiger partial charge in [-0.3, -0.25) is 4.79 Å². The molecule has 1 aliphatic heterocycles. The first-order valence-corrected chi connectivity index (χ1v) is 7.40. The molecule has 104 valence electrons. The van der Waals surface area contributed by atoms with Crippen LogP contribution in [0.15, 0.2) is 30.3 Å². The van der Waals surface area contributed by atoms with E-state index in [9.17, 15) is 4.79 Å². The van der Waals surface area contributed by atoms with Crippen LogP contribution in [0.5, 0.6) is 0 Å². The summed E-state index contributed by atoms with van der Waals surface area (Å²) in [7, 11) is 0. The number of likely N-dealkylation sites (tertiary alicyclic amines) is 1. The van der Waals surface area contributed by atoms with Crippen molar-refractivity contribution < 1.29 is 9.69 Å². The van der Waals surface area contributed by atoms with Crippen molar-refractivity contribution in [2.75, 3.05) is 32.7 Å². The Hall–Kier alpha value is -1.35. The lowest BCUT2D eigenvalue weighted by Gasteiger charge is -2.21. The number of carbonyl (C=O) groups is 1. The molecule has 0 aromatic heterocycles. The zero-order chi connectivity index (χ0) is 13.7. The number of hydrogen-bond acceptors (Lipinski definition) is 1. The standard InChI is InChI=1S/C16H24N2O/c1-3-17(4-2)10-11-18-13-15(12-16(18)19)14-8-6-5-7-9-14/h5-9,15H,3-4,10-13H2,1-2H3/p+1/t15-/m0/s1. The van der Waals surface area contributed by atoms with E-state index in [0.717, 1.165) is 32.7 Å². The molecule has 1 N–H and O–H groups in total. The van der Waals surface area contributed by atoms with Gasteiger partial charge in [-0.05, 0) is 19.4 Å². The molecular formula is C16H25N2O+. The molecule has 0 saturated carbocycles. The second kappa shape index (κ2) is 6.71.